The van der Waals surface area contributed by atoms with Crippen LogP contribution in [0.15, 0.2) is 60.3 Å². The Morgan fingerprint density at radius 2 is 1.75 bits per heavy atom. The molecule has 2 aromatic carbocycles. The van der Waals surface area contributed by atoms with Gasteiger partial charge in [0.1, 0.15) is 17.4 Å². The van der Waals surface area contributed by atoms with Crippen LogP contribution in [0.4, 0.5) is 11.4 Å². The third-order valence-corrected chi connectivity index (χ3v) is 4.36. The first-order valence-corrected chi connectivity index (χ1v) is 9.24. The molecule has 0 aliphatic carbocycles. The normalized spacial score (nSPS) is 10.7. The first-order chi connectivity index (χ1) is 13.6. The lowest BCUT2D eigenvalue weighted by Crippen LogP contribution is -2.24. The number of amides is 1. The fraction of sp³-hybridized carbons (Fsp3) is 0.273. The minimum Gasteiger partial charge on any atom is -0.497 e. The number of nitrogens with zero attached hydrogens (tertiary/aromatic N) is 2. The Bertz CT molecular complexity index is 832. The maximum Gasteiger partial charge on any atom is 0.263 e. The minimum absolute atomic E-state index is 0.0151. The summed E-state index contributed by atoms with van der Waals surface area (Å²) >= 11 is 0. The van der Waals surface area contributed by atoms with Crippen molar-refractivity contribution in [1.82, 2.24) is 5.32 Å². The van der Waals surface area contributed by atoms with Crippen molar-refractivity contribution in [3.63, 3.8) is 0 Å². The molecule has 2 N–H and O–H groups in total. The predicted molar refractivity (Wildman–Crippen MR) is 112 cm³/mol. The maximum absolute atomic E-state index is 12.2. The van der Waals surface area contributed by atoms with E-state index in [4.69, 9.17) is 4.74 Å². The summed E-state index contributed by atoms with van der Waals surface area (Å²) in [5.41, 5.74) is 2.89. The van der Waals surface area contributed by atoms with E-state index >= 15 is 0 Å². The van der Waals surface area contributed by atoms with E-state index in [1.807, 2.05) is 54.6 Å². The standard InChI is InChI=1S/C22H26N4O2/c1-4-26(5-2)20-10-8-19(9-11-20)24-16-18(14-23)22(27)25-15-17-6-12-21(28-3)13-7-17/h6-13,16,24H,4-5,15H2,1-3H3,(H,25,27)/b18-16-. The monoisotopic (exact) mass is 378 g/mol. The Balaban J connectivity index is 1.94. The van der Waals surface area contributed by atoms with E-state index in [1.165, 1.54) is 6.20 Å². The van der Waals surface area contributed by atoms with Gasteiger partial charge in [-0.1, -0.05) is 12.1 Å². The van der Waals surface area contributed by atoms with E-state index in [0.29, 0.717) is 6.54 Å². The van der Waals surface area contributed by atoms with Crippen LogP contribution in [-0.2, 0) is 11.3 Å². The average Bonchev–Trinajstić information content (AvgIpc) is 2.75. The van der Waals surface area contributed by atoms with Crippen molar-refractivity contribution in [2.45, 2.75) is 20.4 Å². The molecule has 0 atom stereocenters. The largest absolute Gasteiger partial charge is 0.497 e. The molecule has 6 nitrogen and oxygen atoms in total. The molecule has 0 heterocycles. The fourth-order valence-corrected chi connectivity index (χ4v) is 2.68. The Morgan fingerprint density at radius 3 is 2.29 bits per heavy atom. The Hall–Kier alpha value is -3.46. The Labute approximate surface area is 166 Å². The second-order valence-corrected chi connectivity index (χ2v) is 6.06. The van der Waals surface area contributed by atoms with Gasteiger partial charge in [0, 0.05) is 37.2 Å². The number of nitrogens with one attached hydrogen (secondary N) is 2. The van der Waals surface area contributed by atoms with Gasteiger partial charge in [0.2, 0.25) is 0 Å². The molecule has 146 valence electrons. The third kappa shape index (κ3) is 5.78. The van der Waals surface area contributed by atoms with Gasteiger partial charge in [-0.2, -0.15) is 5.26 Å². The van der Waals surface area contributed by atoms with Crippen molar-refractivity contribution in [3.8, 4) is 11.8 Å². The molecule has 0 aromatic heterocycles. The lowest BCUT2D eigenvalue weighted by Gasteiger charge is -2.21. The van der Waals surface area contributed by atoms with Gasteiger partial charge >= 0.3 is 0 Å². The molecule has 0 bridgehead atoms. The molecule has 0 unspecified atom stereocenters. The maximum atomic E-state index is 12.2. The van der Waals surface area contributed by atoms with Gasteiger partial charge in [-0.3, -0.25) is 4.79 Å². The van der Waals surface area contributed by atoms with Crippen LogP contribution in [0.2, 0.25) is 0 Å². The molecule has 0 spiro atoms. The second-order valence-electron chi connectivity index (χ2n) is 6.06. The van der Waals surface area contributed by atoms with Gasteiger partial charge in [0.15, 0.2) is 0 Å². The van der Waals surface area contributed by atoms with Crippen LogP contribution >= 0.6 is 0 Å². The number of hydrogen-bond acceptors (Lipinski definition) is 5. The topological polar surface area (TPSA) is 77.4 Å². The molecular weight excluding hydrogens is 352 g/mol. The van der Waals surface area contributed by atoms with Crippen LogP contribution in [0.3, 0.4) is 0 Å². The van der Waals surface area contributed by atoms with Gasteiger partial charge in [0.25, 0.3) is 5.91 Å². The number of carbonyl (C=O) groups is 1. The Morgan fingerprint density at radius 1 is 1.11 bits per heavy atom. The van der Waals surface area contributed by atoms with Gasteiger partial charge < -0.3 is 20.3 Å². The highest BCUT2D eigenvalue weighted by molar-refractivity contribution is 5.97. The van der Waals surface area contributed by atoms with Crippen LogP contribution in [0, 0.1) is 11.3 Å². The summed E-state index contributed by atoms with van der Waals surface area (Å²) in [6.45, 7) is 6.44. The number of ether oxygens (including phenoxy) is 1. The number of anilines is 2. The molecule has 1 amide bonds. The summed E-state index contributed by atoms with van der Waals surface area (Å²) < 4.78 is 5.11. The lowest BCUT2D eigenvalue weighted by molar-refractivity contribution is -0.117. The average molecular weight is 378 g/mol. The van der Waals surface area contributed by atoms with Crippen molar-refractivity contribution in [2.75, 3.05) is 30.4 Å². The van der Waals surface area contributed by atoms with E-state index in [0.717, 1.165) is 35.8 Å². The quantitative estimate of drug-likeness (QED) is 0.514. The van der Waals surface area contributed by atoms with E-state index in [2.05, 4.69) is 29.4 Å². The molecule has 6 heteroatoms. The fourth-order valence-electron chi connectivity index (χ4n) is 2.68. The van der Waals surface area contributed by atoms with Gasteiger partial charge in [0.05, 0.1) is 7.11 Å². The number of hydrogen-bond donors (Lipinski definition) is 2. The summed E-state index contributed by atoms with van der Waals surface area (Å²) in [7, 11) is 1.60. The van der Waals surface area contributed by atoms with E-state index < -0.39 is 5.91 Å². The van der Waals surface area contributed by atoms with Gasteiger partial charge in [-0.05, 0) is 55.8 Å². The van der Waals surface area contributed by atoms with Crippen LogP contribution in [0.1, 0.15) is 19.4 Å². The molecule has 28 heavy (non-hydrogen) atoms. The number of methoxy groups -OCH3 is 1. The van der Waals surface area contributed by atoms with Crippen molar-refractivity contribution >= 4 is 17.3 Å². The van der Waals surface area contributed by atoms with Crippen LogP contribution < -0.4 is 20.3 Å². The first kappa shape index (κ1) is 20.8. The number of nitriles is 1. The zero-order chi connectivity index (χ0) is 20.4. The molecule has 2 aromatic rings. The Kier molecular flexibility index (Phi) is 7.92. The highest BCUT2D eigenvalue weighted by Gasteiger charge is 2.09. The molecule has 0 aliphatic rings. The van der Waals surface area contributed by atoms with Gasteiger partial charge in [-0.15, -0.1) is 0 Å². The number of benzene rings is 2. The van der Waals surface area contributed by atoms with E-state index in [-0.39, 0.29) is 5.57 Å². The minimum atomic E-state index is -0.425. The molecule has 0 saturated heterocycles. The molecule has 0 aliphatic heterocycles. The number of carbonyl (C=O) groups excluding carboxylic acids is 1. The SMILES string of the molecule is CCN(CC)c1ccc(N/C=C(/C#N)C(=O)NCc2ccc(OC)cc2)cc1. The van der Waals surface area contributed by atoms with Crippen LogP contribution in [-0.4, -0.2) is 26.1 Å². The van der Waals surface area contributed by atoms with Crippen LogP contribution in [0.5, 0.6) is 5.75 Å². The molecule has 0 fully saturated rings. The predicted octanol–water partition coefficient (Wildman–Crippen LogP) is 3.68. The third-order valence-electron chi connectivity index (χ3n) is 4.36. The number of rotatable bonds is 9. The summed E-state index contributed by atoms with van der Waals surface area (Å²) in [4.78, 5) is 14.5. The summed E-state index contributed by atoms with van der Waals surface area (Å²) in [5, 5.41) is 15.0. The molecular formula is C22H26N4O2. The van der Waals surface area contributed by atoms with Crippen LogP contribution in [0.25, 0.3) is 0 Å². The molecule has 2 rings (SSSR count). The smallest absolute Gasteiger partial charge is 0.263 e. The van der Waals surface area contributed by atoms with Crippen molar-refractivity contribution in [1.29, 1.82) is 5.26 Å². The molecule has 0 saturated carbocycles. The second kappa shape index (κ2) is 10.6. The van der Waals surface area contributed by atoms with Crippen molar-refractivity contribution in [3.05, 3.63) is 65.9 Å². The zero-order valence-electron chi connectivity index (χ0n) is 16.5. The first-order valence-electron chi connectivity index (χ1n) is 9.24. The summed E-state index contributed by atoms with van der Waals surface area (Å²) in [6.07, 6.45) is 1.43. The van der Waals surface area contributed by atoms with E-state index in [1.54, 1.807) is 7.11 Å². The van der Waals surface area contributed by atoms with Crippen molar-refractivity contribution in [2.24, 2.45) is 0 Å². The zero-order valence-corrected chi connectivity index (χ0v) is 16.5. The highest BCUT2D eigenvalue weighted by atomic mass is 16.5. The summed E-state index contributed by atoms with van der Waals surface area (Å²) in [5.74, 6) is 0.328. The summed E-state index contributed by atoms with van der Waals surface area (Å²) in [6, 6.07) is 17.2. The van der Waals surface area contributed by atoms with Crippen molar-refractivity contribution < 1.29 is 9.53 Å². The van der Waals surface area contributed by atoms with E-state index in [9.17, 15) is 10.1 Å². The molecule has 0 radical (unpaired) electrons. The lowest BCUT2D eigenvalue weighted by atomic mass is 10.2. The van der Waals surface area contributed by atoms with Gasteiger partial charge in [-0.25, -0.2) is 0 Å². The highest BCUT2D eigenvalue weighted by Crippen LogP contribution is 2.18.